The number of rotatable bonds is 6. The summed E-state index contributed by atoms with van der Waals surface area (Å²) in [7, 11) is 0. The van der Waals surface area contributed by atoms with Gasteiger partial charge in [-0.05, 0) is 114 Å². The van der Waals surface area contributed by atoms with E-state index in [0.29, 0.717) is 5.82 Å². The fourth-order valence-electron chi connectivity index (χ4n) is 10.0. The first-order chi connectivity index (χ1) is 32.2. The van der Waals surface area contributed by atoms with E-state index in [-0.39, 0.29) is 0 Å². The topological polar surface area (TPSA) is 30.7 Å². The van der Waals surface area contributed by atoms with Crippen LogP contribution in [0.2, 0.25) is 0 Å². The molecule has 0 amide bonds. The molecule has 0 saturated carbocycles. The second kappa shape index (κ2) is 15.0. The fraction of sp³-hybridized carbons (Fsp3) is 0. The van der Waals surface area contributed by atoms with E-state index >= 15 is 0 Å². The van der Waals surface area contributed by atoms with Crippen LogP contribution in [-0.4, -0.2) is 14.5 Å². The summed E-state index contributed by atoms with van der Waals surface area (Å²) in [5.74, 6) is 0.697. The Kier molecular flexibility index (Phi) is 8.53. The number of benzene rings is 11. The quantitative estimate of drug-likeness (QED) is 0.123. The summed E-state index contributed by atoms with van der Waals surface area (Å²) < 4.78 is 2.35. The van der Waals surface area contributed by atoms with Crippen LogP contribution in [0.1, 0.15) is 0 Å². The van der Waals surface area contributed by atoms with Gasteiger partial charge in [0, 0.05) is 33.2 Å². The number of fused-ring (bicyclic) bond motifs is 8. The average Bonchev–Trinajstić information content (AvgIpc) is 3.72. The average molecular weight is 826 g/mol. The maximum absolute atomic E-state index is 5.19. The molecule has 3 nitrogen and oxygen atoms in total. The van der Waals surface area contributed by atoms with Crippen molar-refractivity contribution >= 4 is 64.9 Å². The first-order valence-electron chi connectivity index (χ1n) is 22.2. The van der Waals surface area contributed by atoms with Gasteiger partial charge in [-0.25, -0.2) is 9.97 Å². The summed E-state index contributed by atoms with van der Waals surface area (Å²) in [6.45, 7) is 0. The number of hydrogen-bond donors (Lipinski definition) is 0. The highest BCUT2D eigenvalue weighted by Gasteiger charge is 2.16. The molecule has 0 aliphatic rings. The summed E-state index contributed by atoms with van der Waals surface area (Å²) >= 11 is 0. The van der Waals surface area contributed by atoms with E-state index in [4.69, 9.17) is 9.97 Å². The van der Waals surface area contributed by atoms with E-state index in [1.165, 1.54) is 81.6 Å². The molecule has 2 aromatic heterocycles. The lowest BCUT2D eigenvalue weighted by Crippen LogP contribution is -1.97. The minimum Gasteiger partial charge on any atom is -0.309 e. The van der Waals surface area contributed by atoms with Crippen molar-refractivity contribution in [1.29, 1.82) is 0 Å². The summed E-state index contributed by atoms with van der Waals surface area (Å²) in [6, 6.07) is 85.3. The van der Waals surface area contributed by atoms with E-state index in [1.54, 1.807) is 0 Å². The minimum absolute atomic E-state index is 0.697. The number of para-hydroxylation sites is 2. The van der Waals surface area contributed by atoms with Crippen molar-refractivity contribution in [2.75, 3.05) is 0 Å². The molecule has 0 unspecified atom stereocenters. The molecule has 0 radical (unpaired) electrons. The molecule has 0 saturated heterocycles. The van der Waals surface area contributed by atoms with Crippen molar-refractivity contribution < 1.29 is 0 Å². The van der Waals surface area contributed by atoms with Crippen molar-refractivity contribution in [2.45, 2.75) is 0 Å². The van der Waals surface area contributed by atoms with Gasteiger partial charge in [-0.15, -0.1) is 0 Å². The highest BCUT2D eigenvalue weighted by atomic mass is 15.0. The molecular formula is C62H39N3. The van der Waals surface area contributed by atoms with Crippen molar-refractivity contribution in [3.8, 4) is 61.8 Å². The predicted molar refractivity (Wildman–Crippen MR) is 274 cm³/mol. The van der Waals surface area contributed by atoms with Crippen molar-refractivity contribution in [3.05, 3.63) is 237 Å². The summed E-state index contributed by atoms with van der Waals surface area (Å²) in [4.78, 5) is 10.4. The van der Waals surface area contributed by atoms with E-state index in [0.717, 1.165) is 39.3 Å². The van der Waals surface area contributed by atoms with Crippen LogP contribution < -0.4 is 0 Å². The molecule has 0 aliphatic carbocycles. The lowest BCUT2D eigenvalue weighted by molar-refractivity contribution is 1.16. The summed E-state index contributed by atoms with van der Waals surface area (Å²) in [6.07, 6.45) is 0. The molecule has 3 heteroatoms. The second-order valence-electron chi connectivity index (χ2n) is 17.0. The Bertz CT molecular complexity index is 3940. The van der Waals surface area contributed by atoms with Crippen LogP contribution in [0.5, 0.6) is 0 Å². The molecule has 0 atom stereocenters. The molecule has 0 spiro atoms. The predicted octanol–water partition coefficient (Wildman–Crippen LogP) is 16.5. The van der Waals surface area contributed by atoms with Gasteiger partial charge < -0.3 is 4.57 Å². The van der Waals surface area contributed by atoms with E-state index in [9.17, 15) is 0 Å². The van der Waals surface area contributed by atoms with Gasteiger partial charge in [-0.3, -0.25) is 0 Å². The molecule has 302 valence electrons. The Labute approximate surface area is 376 Å². The van der Waals surface area contributed by atoms with Crippen LogP contribution in [0.25, 0.3) is 127 Å². The van der Waals surface area contributed by atoms with Gasteiger partial charge in [0.05, 0.1) is 22.4 Å². The Hall–Kier alpha value is -8.66. The highest BCUT2D eigenvalue weighted by Crippen LogP contribution is 2.41. The Morgan fingerprint density at radius 1 is 0.262 bits per heavy atom. The van der Waals surface area contributed by atoms with Crippen LogP contribution in [0.15, 0.2) is 237 Å². The van der Waals surface area contributed by atoms with Gasteiger partial charge in [0.1, 0.15) is 0 Å². The van der Waals surface area contributed by atoms with Crippen LogP contribution >= 0.6 is 0 Å². The van der Waals surface area contributed by atoms with Crippen LogP contribution in [0.4, 0.5) is 0 Å². The van der Waals surface area contributed by atoms with Gasteiger partial charge >= 0.3 is 0 Å². The van der Waals surface area contributed by atoms with E-state index < -0.39 is 0 Å². The second-order valence-corrected chi connectivity index (χ2v) is 17.0. The van der Waals surface area contributed by atoms with Gasteiger partial charge in [0.25, 0.3) is 0 Å². The van der Waals surface area contributed by atoms with Crippen LogP contribution in [0.3, 0.4) is 0 Å². The summed E-state index contributed by atoms with van der Waals surface area (Å²) in [5, 5.41) is 12.5. The molecule has 13 rings (SSSR count). The van der Waals surface area contributed by atoms with E-state index in [1.807, 2.05) is 18.2 Å². The first kappa shape index (κ1) is 36.9. The Morgan fingerprint density at radius 3 is 1.57 bits per heavy atom. The lowest BCUT2D eigenvalue weighted by Gasteiger charge is -2.15. The fourth-order valence-corrected chi connectivity index (χ4v) is 10.0. The molecule has 0 N–H and O–H groups in total. The first-order valence-corrected chi connectivity index (χ1v) is 22.2. The molecule has 65 heavy (non-hydrogen) atoms. The van der Waals surface area contributed by atoms with Gasteiger partial charge in [0.2, 0.25) is 0 Å². The van der Waals surface area contributed by atoms with Crippen molar-refractivity contribution in [2.24, 2.45) is 0 Å². The Morgan fingerprint density at radius 2 is 0.815 bits per heavy atom. The smallest absolute Gasteiger partial charge is 0.160 e. The molecular weight excluding hydrogens is 787 g/mol. The zero-order valence-corrected chi connectivity index (χ0v) is 35.4. The monoisotopic (exact) mass is 825 g/mol. The van der Waals surface area contributed by atoms with Crippen LogP contribution in [-0.2, 0) is 0 Å². The van der Waals surface area contributed by atoms with Crippen LogP contribution in [0, 0.1) is 0 Å². The third kappa shape index (κ3) is 6.28. The number of hydrogen-bond acceptors (Lipinski definition) is 2. The maximum Gasteiger partial charge on any atom is 0.160 e. The minimum atomic E-state index is 0.697. The Balaban J connectivity index is 0.864. The molecule has 11 aromatic carbocycles. The largest absolute Gasteiger partial charge is 0.309 e. The third-order valence-corrected chi connectivity index (χ3v) is 13.2. The highest BCUT2D eigenvalue weighted by molar-refractivity contribution is 6.20. The van der Waals surface area contributed by atoms with Gasteiger partial charge in [-0.2, -0.15) is 0 Å². The maximum atomic E-state index is 5.19. The molecule has 0 bridgehead atoms. The number of aromatic nitrogens is 3. The van der Waals surface area contributed by atoms with E-state index in [2.05, 4.69) is 223 Å². The molecule has 0 aliphatic heterocycles. The zero-order chi connectivity index (χ0) is 42.8. The number of nitrogens with zero attached hydrogens (tertiary/aromatic N) is 3. The summed E-state index contributed by atoms with van der Waals surface area (Å²) in [5.41, 5.74) is 13.1. The zero-order valence-electron chi connectivity index (χ0n) is 35.4. The van der Waals surface area contributed by atoms with Crippen molar-refractivity contribution in [3.63, 3.8) is 0 Å². The van der Waals surface area contributed by atoms with Gasteiger partial charge in [-0.1, -0.05) is 188 Å². The lowest BCUT2D eigenvalue weighted by atomic mass is 9.89. The SMILES string of the molecule is c1ccc(-c2nc(-c3ccc(-c4ccc5cc(-c6c7ccccc7cc7c6ccc6ccccc67)ccc5c4)cc3)cc(-c3cccc(-n4c5ccccc5c5ccccc54)c3)n2)cc1. The van der Waals surface area contributed by atoms with Crippen molar-refractivity contribution in [1.82, 2.24) is 14.5 Å². The van der Waals surface area contributed by atoms with Gasteiger partial charge in [0.15, 0.2) is 5.82 Å². The normalized spacial score (nSPS) is 11.7. The standard InChI is InChI=1S/C62H39N3/c1-2-14-43(15-3-1)62-63-57(39-58(64-62)48-17-12-18-50(37-48)65-59-23-10-8-21-53(59)54-22-9-11-24-60(54)65)42-27-25-40(26-28-42)44-29-30-46-36-49(32-31-45(46)35-44)61-52-20-7-5-16-47(52)38-56-51-19-6-4-13-41(51)33-34-55(56)61/h1-39H. The third-order valence-electron chi connectivity index (χ3n) is 13.2. The molecule has 0 fully saturated rings. The molecule has 2 heterocycles. The molecule has 13 aromatic rings.